The van der Waals surface area contributed by atoms with Crippen LogP contribution in [0.2, 0.25) is 0 Å². The maximum absolute atomic E-state index is 12.3. The molecule has 2 amide bonds. The molecule has 4 heteroatoms. The lowest BCUT2D eigenvalue weighted by molar-refractivity contribution is 0.252. The fourth-order valence-electron chi connectivity index (χ4n) is 3.05. The van der Waals surface area contributed by atoms with E-state index in [-0.39, 0.29) is 6.03 Å². The van der Waals surface area contributed by atoms with Crippen molar-refractivity contribution in [3.8, 4) is 5.75 Å². The quantitative estimate of drug-likeness (QED) is 0.625. The van der Waals surface area contributed by atoms with E-state index in [0.717, 1.165) is 37.1 Å². The maximum Gasteiger partial charge on any atom is 0.319 e. The van der Waals surface area contributed by atoms with Gasteiger partial charge < -0.3 is 15.4 Å². The Morgan fingerprint density at radius 1 is 0.923 bits per heavy atom. The Bertz CT molecular complexity index is 691. The zero-order valence-corrected chi connectivity index (χ0v) is 16.1. The predicted octanol–water partition coefficient (Wildman–Crippen LogP) is 4.96. The van der Waals surface area contributed by atoms with Gasteiger partial charge in [-0.2, -0.15) is 0 Å². The topological polar surface area (TPSA) is 50.4 Å². The first-order valence-electron chi connectivity index (χ1n) is 9.55. The average molecular weight is 354 g/mol. The Labute approximate surface area is 157 Å². The zero-order chi connectivity index (χ0) is 18.8. The van der Waals surface area contributed by atoms with Crippen LogP contribution in [0, 0.1) is 0 Å². The molecule has 0 spiro atoms. The highest BCUT2D eigenvalue weighted by Gasteiger charge is 2.09. The van der Waals surface area contributed by atoms with Crippen LogP contribution >= 0.6 is 0 Å². The van der Waals surface area contributed by atoms with Crippen molar-refractivity contribution in [1.82, 2.24) is 5.32 Å². The number of carbonyl (C=O) groups is 1. The van der Waals surface area contributed by atoms with Gasteiger partial charge in [0.25, 0.3) is 0 Å². The van der Waals surface area contributed by atoms with Gasteiger partial charge in [0.1, 0.15) is 5.75 Å². The van der Waals surface area contributed by atoms with Gasteiger partial charge in [0.15, 0.2) is 0 Å². The molecule has 0 aliphatic carbocycles. The molecule has 0 bridgehead atoms. The molecule has 0 saturated heterocycles. The number of para-hydroxylation sites is 2. The van der Waals surface area contributed by atoms with Gasteiger partial charge in [-0.15, -0.1) is 0 Å². The highest BCUT2D eigenvalue weighted by atomic mass is 16.5. The summed E-state index contributed by atoms with van der Waals surface area (Å²) in [6.45, 7) is 7.49. The number of nitrogens with one attached hydrogen (secondary N) is 2. The van der Waals surface area contributed by atoms with Crippen LogP contribution in [0.1, 0.15) is 43.9 Å². The summed E-state index contributed by atoms with van der Waals surface area (Å²) in [6.07, 6.45) is 3.55. The third kappa shape index (κ3) is 5.51. The summed E-state index contributed by atoms with van der Waals surface area (Å²) in [7, 11) is 0. The van der Waals surface area contributed by atoms with Gasteiger partial charge in [-0.25, -0.2) is 4.79 Å². The fraction of sp³-hybridized carbons (Fsp3) is 0.409. The number of rotatable bonds is 9. The number of carbonyl (C=O) groups excluding carboxylic acids is 1. The lowest BCUT2D eigenvalue weighted by atomic mass is 10.0. The molecule has 140 valence electrons. The average Bonchev–Trinajstić information content (AvgIpc) is 2.66. The van der Waals surface area contributed by atoms with Crippen LogP contribution in [0.25, 0.3) is 0 Å². The molecule has 0 heterocycles. The van der Waals surface area contributed by atoms with E-state index < -0.39 is 0 Å². The molecule has 0 fully saturated rings. The first-order valence-corrected chi connectivity index (χ1v) is 9.55. The Morgan fingerprint density at radius 3 is 2.23 bits per heavy atom. The van der Waals surface area contributed by atoms with E-state index in [4.69, 9.17) is 4.74 Å². The summed E-state index contributed by atoms with van der Waals surface area (Å²) in [5.74, 6) is 0.934. The Kier molecular flexibility index (Phi) is 8.00. The minimum atomic E-state index is -0.140. The van der Waals surface area contributed by atoms with Crippen molar-refractivity contribution in [2.24, 2.45) is 0 Å². The third-order valence-electron chi connectivity index (χ3n) is 4.42. The van der Waals surface area contributed by atoms with E-state index in [0.29, 0.717) is 13.2 Å². The molecule has 2 N–H and O–H groups in total. The predicted molar refractivity (Wildman–Crippen MR) is 108 cm³/mol. The Hall–Kier alpha value is -2.49. The Balaban J connectivity index is 1.85. The number of aryl methyl sites for hydroxylation is 3. The van der Waals surface area contributed by atoms with E-state index in [2.05, 4.69) is 48.7 Å². The fourth-order valence-corrected chi connectivity index (χ4v) is 3.05. The van der Waals surface area contributed by atoms with Crippen LogP contribution in [0.4, 0.5) is 10.5 Å². The highest BCUT2D eigenvalue weighted by molar-refractivity contribution is 5.91. The van der Waals surface area contributed by atoms with Gasteiger partial charge in [0.2, 0.25) is 0 Å². The largest absolute Gasteiger partial charge is 0.494 e. The number of hydrogen-bond acceptors (Lipinski definition) is 2. The van der Waals surface area contributed by atoms with Crippen LogP contribution in [-0.4, -0.2) is 19.2 Å². The van der Waals surface area contributed by atoms with Gasteiger partial charge in [-0.05, 0) is 55.4 Å². The molecule has 26 heavy (non-hydrogen) atoms. The molecule has 0 aromatic heterocycles. The minimum absolute atomic E-state index is 0.140. The number of anilines is 1. The van der Waals surface area contributed by atoms with Gasteiger partial charge >= 0.3 is 6.03 Å². The first-order chi connectivity index (χ1) is 12.7. The summed E-state index contributed by atoms with van der Waals surface area (Å²) in [5, 5.41) is 6.00. The van der Waals surface area contributed by atoms with Crippen molar-refractivity contribution in [1.29, 1.82) is 0 Å². The highest BCUT2D eigenvalue weighted by Crippen LogP contribution is 2.22. The molecular formula is C22H30N2O2. The van der Waals surface area contributed by atoms with Crippen molar-refractivity contribution in [2.75, 3.05) is 18.5 Å². The first kappa shape index (κ1) is 19.8. The number of urea groups is 1. The van der Waals surface area contributed by atoms with E-state index in [1.165, 1.54) is 16.7 Å². The standard InChI is InChI=1S/C22H30N2O2/c1-4-17-12-9-13-18(5-2)21(17)24-22(25)23-16-10-14-19-11-7-8-15-20(19)26-6-3/h7-9,11-13,15H,4-6,10,14,16H2,1-3H3,(H2,23,24,25). The second kappa shape index (κ2) is 10.5. The van der Waals surface area contributed by atoms with Crippen LogP contribution in [0.3, 0.4) is 0 Å². The number of benzene rings is 2. The van der Waals surface area contributed by atoms with E-state index in [1.54, 1.807) is 0 Å². The lowest BCUT2D eigenvalue weighted by Crippen LogP contribution is -2.30. The monoisotopic (exact) mass is 354 g/mol. The Morgan fingerprint density at radius 2 is 1.58 bits per heavy atom. The third-order valence-corrected chi connectivity index (χ3v) is 4.42. The summed E-state index contributed by atoms with van der Waals surface area (Å²) in [5.41, 5.74) is 4.48. The molecule has 2 aromatic rings. The van der Waals surface area contributed by atoms with Crippen LogP contribution in [0.5, 0.6) is 5.75 Å². The van der Waals surface area contributed by atoms with E-state index >= 15 is 0 Å². The van der Waals surface area contributed by atoms with Crippen LogP contribution in [0.15, 0.2) is 42.5 Å². The number of hydrogen-bond donors (Lipinski definition) is 2. The van der Waals surface area contributed by atoms with Crippen LogP contribution < -0.4 is 15.4 Å². The summed E-state index contributed by atoms with van der Waals surface area (Å²) in [6, 6.07) is 14.1. The lowest BCUT2D eigenvalue weighted by Gasteiger charge is -2.15. The van der Waals surface area contributed by atoms with Gasteiger partial charge in [0.05, 0.1) is 6.61 Å². The zero-order valence-electron chi connectivity index (χ0n) is 16.1. The summed E-state index contributed by atoms with van der Waals surface area (Å²) >= 11 is 0. The normalized spacial score (nSPS) is 10.4. The molecule has 0 radical (unpaired) electrons. The second-order valence-electron chi connectivity index (χ2n) is 6.18. The molecule has 2 rings (SSSR count). The van der Waals surface area contributed by atoms with Crippen molar-refractivity contribution in [3.05, 3.63) is 59.2 Å². The van der Waals surface area contributed by atoms with Crippen molar-refractivity contribution in [2.45, 2.75) is 46.5 Å². The SMILES string of the molecule is CCOc1ccccc1CCCNC(=O)Nc1c(CC)cccc1CC. The van der Waals surface area contributed by atoms with Gasteiger partial charge in [0, 0.05) is 12.2 Å². The van der Waals surface area contributed by atoms with Crippen molar-refractivity contribution >= 4 is 11.7 Å². The van der Waals surface area contributed by atoms with Crippen molar-refractivity contribution in [3.63, 3.8) is 0 Å². The molecule has 0 atom stereocenters. The second-order valence-corrected chi connectivity index (χ2v) is 6.18. The molecule has 0 aliphatic rings. The number of ether oxygens (including phenoxy) is 1. The smallest absolute Gasteiger partial charge is 0.319 e. The summed E-state index contributed by atoms with van der Waals surface area (Å²) in [4.78, 5) is 12.3. The maximum atomic E-state index is 12.3. The summed E-state index contributed by atoms with van der Waals surface area (Å²) < 4.78 is 5.65. The van der Waals surface area contributed by atoms with Gasteiger partial charge in [-0.3, -0.25) is 0 Å². The molecule has 0 aliphatic heterocycles. The molecule has 0 saturated carbocycles. The molecule has 0 unspecified atom stereocenters. The molecular weight excluding hydrogens is 324 g/mol. The van der Waals surface area contributed by atoms with E-state index in [9.17, 15) is 4.79 Å². The minimum Gasteiger partial charge on any atom is -0.494 e. The molecule has 4 nitrogen and oxygen atoms in total. The number of amides is 2. The van der Waals surface area contributed by atoms with Crippen LogP contribution in [-0.2, 0) is 19.3 Å². The van der Waals surface area contributed by atoms with Crippen molar-refractivity contribution < 1.29 is 9.53 Å². The molecule has 2 aromatic carbocycles. The van der Waals surface area contributed by atoms with E-state index in [1.807, 2.05) is 25.1 Å². The van der Waals surface area contributed by atoms with Gasteiger partial charge in [-0.1, -0.05) is 50.2 Å².